The van der Waals surface area contributed by atoms with Crippen molar-refractivity contribution in [2.24, 2.45) is 10.8 Å². The first-order valence-corrected chi connectivity index (χ1v) is 32.8. The number of hydrogen-bond donors (Lipinski definition) is 2. The van der Waals surface area contributed by atoms with Crippen LogP contribution in [0.25, 0.3) is 0 Å². The maximum Gasteiger partial charge on any atom is 0.330 e. The molecular weight excluding hydrogens is 969 g/mol. The molecule has 418 valence electrons. The fraction of sp³-hybridized carbons (Fsp3) is 0.821. The van der Waals surface area contributed by atoms with Crippen LogP contribution in [0.5, 0.6) is 0 Å². The Morgan fingerprint density at radius 3 is 2.03 bits per heavy atom. The van der Waals surface area contributed by atoms with Gasteiger partial charge in [0, 0.05) is 48.7 Å². The van der Waals surface area contributed by atoms with Gasteiger partial charge in [-0.3, -0.25) is 9.59 Å². The van der Waals surface area contributed by atoms with Crippen LogP contribution in [0.4, 0.5) is 0 Å². The predicted octanol–water partition coefficient (Wildman–Crippen LogP) is 10.5. The molecule has 0 aliphatic carbocycles. The number of carbonyl (C=O) groups is 4. The van der Waals surface area contributed by atoms with Crippen LogP contribution < -0.4 is 0 Å². The van der Waals surface area contributed by atoms with E-state index in [1.165, 1.54) is 26.4 Å². The molecule has 73 heavy (non-hydrogen) atoms. The van der Waals surface area contributed by atoms with Crippen LogP contribution in [-0.4, -0.2) is 132 Å². The normalized spacial score (nSPS) is 32.3. The SMILES string of the molecule is CCCCCCCC(=O)O[C@H]1/C(=C/C(=O)OC)C[C@H]2C[C@H](CO[Si](C)(C)C(C)(C)C)OC(=O)C[C@H](O)C[C@@H]3C[C@H](O[Si](C)(C)C(C)(C)C)C(C)(C)[C@H](C[C@@H]4CC(=CC(=O)OC)C[C@H](/C=C/C(C)(C)[C@]1(O)O2)O4)O3. The third kappa shape index (κ3) is 17.1. The molecule has 4 heterocycles. The highest BCUT2D eigenvalue weighted by molar-refractivity contribution is 6.74. The molecule has 6 bridgehead atoms. The van der Waals surface area contributed by atoms with Crippen molar-refractivity contribution in [3.05, 3.63) is 35.5 Å². The third-order valence-electron chi connectivity index (χ3n) is 16.6. The van der Waals surface area contributed by atoms with E-state index < -0.39 is 106 Å². The van der Waals surface area contributed by atoms with E-state index in [2.05, 4.69) is 88.5 Å². The van der Waals surface area contributed by atoms with Gasteiger partial charge >= 0.3 is 23.9 Å². The Morgan fingerprint density at radius 1 is 0.781 bits per heavy atom. The summed E-state index contributed by atoms with van der Waals surface area (Å²) in [5, 5.41) is 24.8. The van der Waals surface area contributed by atoms with E-state index in [1.807, 2.05) is 6.08 Å². The molecule has 0 aromatic heterocycles. The summed E-state index contributed by atoms with van der Waals surface area (Å²) in [6.45, 7) is 31.5. The summed E-state index contributed by atoms with van der Waals surface area (Å²) in [4.78, 5) is 53.9. The van der Waals surface area contributed by atoms with Gasteiger partial charge in [-0.15, -0.1) is 0 Å². The summed E-state index contributed by atoms with van der Waals surface area (Å²) in [6.07, 6.45) is 5.79. The number of rotatable bonds is 14. The lowest BCUT2D eigenvalue weighted by molar-refractivity contribution is -0.327. The largest absolute Gasteiger partial charge is 0.466 e. The quantitative estimate of drug-likeness (QED) is 0.0417. The Kier molecular flexibility index (Phi) is 22.0. The van der Waals surface area contributed by atoms with Gasteiger partial charge < -0.3 is 52.2 Å². The molecular formula is C56H96O15Si2. The molecule has 3 fully saturated rings. The van der Waals surface area contributed by atoms with Crippen LogP contribution in [0.3, 0.4) is 0 Å². The zero-order chi connectivity index (χ0) is 55.0. The van der Waals surface area contributed by atoms with Gasteiger partial charge in [0.15, 0.2) is 22.7 Å². The van der Waals surface area contributed by atoms with Crippen LogP contribution in [0, 0.1) is 10.8 Å². The monoisotopic (exact) mass is 1060 g/mol. The van der Waals surface area contributed by atoms with E-state index in [-0.39, 0.29) is 60.5 Å². The number of aliphatic hydroxyl groups is 2. The van der Waals surface area contributed by atoms with Gasteiger partial charge in [-0.1, -0.05) is 120 Å². The lowest BCUT2D eigenvalue weighted by Gasteiger charge is -2.52. The van der Waals surface area contributed by atoms with Crippen LogP contribution in [0.15, 0.2) is 35.5 Å². The maximum absolute atomic E-state index is 14.1. The van der Waals surface area contributed by atoms with Crippen molar-refractivity contribution in [1.82, 2.24) is 0 Å². The second kappa shape index (κ2) is 25.6. The molecule has 0 amide bonds. The Bertz CT molecular complexity index is 1960. The zero-order valence-electron chi connectivity index (χ0n) is 47.8. The van der Waals surface area contributed by atoms with Gasteiger partial charge in [-0.05, 0) is 73.9 Å². The zero-order valence-corrected chi connectivity index (χ0v) is 49.8. The van der Waals surface area contributed by atoms with Crippen molar-refractivity contribution in [1.29, 1.82) is 0 Å². The molecule has 4 aliphatic rings. The first-order valence-electron chi connectivity index (χ1n) is 27.0. The summed E-state index contributed by atoms with van der Waals surface area (Å²) in [7, 11) is -2.17. The minimum absolute atomic E-state index is 0.00296. The number of carbonyl (C=O) groups excluding carboxylic acids is 4. The Balaban J connectivity index is 1.90. The number of esters is 4. The van der Waals surface area contributed by atoms with Gasteiger partial charge in [0.2, 0.25) is 5.79 Å². The molecule has 0 unspecified atom stereocenters. The average Bonchev–Trinajstić information content (AvgIpc) is 3.26. The van der Waals surface area contributed by atoms with Gasteiger partial charge in [0.1, 0.15) is 6.10 Å². The second-order valence-electron chi connectivity index (χ2n) is 25.4. The highest BCUT2D eigenvalue weighted by Crippen LogP contribution is 2.49. The molecule has 2 N–H and O–H groups in total. The number of hydrogen-bond acceptors (Lipinski definition) is 15. The van der Waals surface area contributed by atoms with Crippen molar-refractivity contribution in [3.8, 4) is 0 Å². The number of ether oxygens (including phenoxy) is 7. The topological polar surface area (TPSA) is 192 Å². The minimum atomic E-state index is -2.42. The lowest BCUT2D eigenvalue weighted by atomic mass is 9.73. The molecule has 0 radical (unpaired) electrons. The number of unbranched alkanes of at least 4 members (excludes halogenated alkanes) is 4. The summed E-state index contributed by atoms with van der Waals surface area (Å²) in [6, 6.07) is 0. The molecule has 3 saturated heterocycles. The van der Waals surface area contributed by atoms with Crippen LogP contribution in [0.2, 0.25) is 36.3 Å². The standard InChI is InChI=1S/C56H96O15Si2/c1-18-19-20-21-22-23-47(58)69-51-38(30-49(60)64-13)29-43-33-44(36-65-72(14,15)52(2,3)4)68-50(61)32-39(57)31-42-35-46(71-73(16,17)53(5,6)7)55(10,11)45(67-42)34-41-27-37(28-48(59)63-12)26-40(66-41)24-25-54(8,9)56(51,62)70-43/h24-25,28,30,39-46,51,57,62H,18-23,26-27,29,31-36H2,1-17H3/b25-24+,37-28?,38-30+/t39-,40+,41+,42-,43+,44-,45+,46+,51+,56-/m1/s1. The lowest BCUT2D eigenvalue weighted by Crippen LogP contribution is -2.62. The second-order valence-corrected chi connectivity index (χ2v) is 35.0. The predicted molar refractivity (Wildman–Crippen MR) is 285 cm³/mol. The molecule has 0 spiro atoms. The Morgan fingerprint density at radius 2 is 1.41 bits per heavy atom. The van der Waals surface area contributed by atoms with Gasteiger partial charge in [0.25, 0.3) is 0 Å². The van der Waals surface area contributed by atoms with Crippen molar-refractivity contribution >= 4 is 40.5 Å². The summed E-state index contributed by atoms with van der Waals surface area (Å²) in [5.74, 6) is -4.73. The number of methoxy groups -OCH3 is 2. The summed E-state index contributed by atoms with van der Waals surface area (Å²) in [5.41, 5.74) is -0.833. The van der Waals surface area contributed by atoms with E-state index >= 15 is 0 Å². The fourth-order valence-corrected chi connectivity index (χ4v) is 12.2. The highest BCUT2D eigenvalue weighted by atomic mass is 28.4. The number of cyclic esters (lactones) is 1. The molecule has 0 aromatic rings. The summed E-state index contributed by atoms with van der Waals surface area (Å²) < 4.78 is 57.3. The number of fused-ring (bicyclic) bond motifs is 6. The van der Waals surface area contributed by atoms with Crippen molar-refractivity contribution in [3.63, 3.8) is 0 Å². The van der Waals surface area contributed by atoms with E-state index in [4.69, 9.17) is 42.0 Å². The third-order valence-corrected chi connectivity index (χ3v) is 25.6. The number of aliphatic hydroxyl groups excluding tert-OH is 1. The van der Waals surface area contributed by atoms with Crippen molar-refractivity contribution in [2.45, 2.75) is 263 Å². The van der Waals surface area contributed by atoms with Crippen molar-refractivity contribution in [2.75, 3.05) is 20.8 Å². The molecule has 10 atom stereocenters. The van der Waals surface area contributed by atoms with Gasteiger partial charge in [-0.2, -0.15) is 0 Å². The van der Waals surface area contributed by atoms with Gasteiger partial charge in [-0.25, -0.2) is 9.59 Å². The van der Waals surface area contributed by atoms with Crippen LogP contribution >= 0.6 is 0 Å². The molecule has 4 aliphatic heterocycles. The minimum Gasteiger partial charge on any atom is -0.466 e. The maximum atomic E-state index is 14.1. The fourth-order valence-electron chi connectivity index (χ4n) is 9.67. The first kappa shape index (κ1) is 62.8. The van der Waals surface area contributed by atoms with Crippen LogP contribution in [0.1, 0.15) is 166 Å². The average molecular weight is 1070 g/mol. The summed E-state index contributed by atoms with van der Waals surface area (Å²) >= 11 is 0. The molecule has 15 nitrogen and oxygen atoms in total. The van der Waals surface area contributed by atoms with Crippen molar-refractivity contribution < 1.29 is 71.4 Å². The molecule has 0 saturated carbocycles. The Labute approximate surface area is 440 Å². The van der Waals surface area contributed by atoms with Crippen LogP contribution in [-0.2, 0) is 61.2 Å². The molecule has 4 rings (SSSR count). The smallest absolute Gasteiger partial charge is 0.330 e. The molecule has 17 heteroatoms. The molecule has 0 aromatic carbocycles. The van der Waals surface area contributed by atoms with E-state index in [0.29, 0.717) is 32.1 Å². The highest BCUT2D eigenvalue weighted by Gasteiger charge is 2.58. The van der Waals surface area contributed by atoms with E-state index in [0.717, 1.165) is 31.3 Å². The van der Waals surface area contributed by atoms with E-state index in [1.54, 1.807) is 19.9 Å². The van der Waals surface area contributed by atoms with E-state index in [9.17, 15) is 29.4 Å². The van der Waals surface area contributed by atoms with Gasteiger partial charge in [0.05, 0.1) is 70.0 Å². The Hall–Kier alpha value is -2.75. The first-order chi connectivity index (χ1) is 33.7.